The van der Waals surface area contributed by atoms with Gasteiger partial charge in [0.25, 0.3) is 0 Å². The van der Waals surface area contributed by atoms with Gasteiger partial charge in [0.2, 0.25) is 5.91 Å². The second kappa shape index (κ2) is 4.81. The van der Waals surface area contributed by atoms with Gasteiger partial charge in [-0.3, -0.25) is 10.2 Å². The first kappa shape index (κ1) is 10.7. The van der Waals surface area contributed by atoms with Crippen LogP contribution in [0, 0.1) is 0 Å². The monoisotopic (exact) mass is 217 g/mol. The molecule has 1 unspecified atom stereocenters. The lowest BCUT2D eigenvalue weighted by Crippen LogP contribution is -2.48. The summed E-state index contributed by atoms with van der Waals surface area (Å²) in [6.45, 7) is 0. The van der Waals surface area contributed by atoms with Crippen molar-refractivity contribution in [1.29, 1.82) is 0 Å². The van der Waals surface area contributed by atoms with E-state index in [4.69, 9.17) is 5.73 Å². The molecular weight excluding hydrogens is 202 g/mol. The summed E-state index contributed by atoms with van der Waals surface area (Å²) in [6, 6.07) is 7.88. The molecule has 0 saturated carbocycles. The number of rotatable bonds is 2. The van der Waals surface area contributed by atoms with Gasteiger partial charge >= 0.3 is 0 Å². The Kier molecular flexibility index (Phi) is 3.22. The van der Waals surface area contributed by atoms with E-state index >= 15 is 0 Å². The van der Waals surface area contributed by atoms with E-state index in [-0.39, 0.29) is 11.9 Å². The van der Waals surface area contributed by atoms with Gasteiger partial charge < -0.3 is 5.73 Å². The maximum absolute atomic E-state index is 10.9. The number of anilines is 1. The highest BCUT2D eigenvalue weighted by atomic mass is 16.2. The third kappa shape index (κ3) is 2.84. The minimum absolute atomic E-state index is 0.0529. The zero-order valence-electron chi connectivity index (χ0n) is 8.94. The lowest BCUT2D eigenvalue weighted by atomic mass is 10.1. The molecule has 4 N–H and O–H groups in total. The fourth-order valence-electron chi connectivity index (χ4n) is 1.57. The highest BCUT2D eigenvalue weighted by Crippen LogP contribution is 2.09. The molecule has 1 aliphatic rings. The van der Waals surface area contributed by atoms with Gasteiger partial charge in [0.15, 0.2) is 0 Å². The first-order chi connectivity index (χ1) is 7.74. The van der Waals surface area contributed by atoms with Gasteiger partial charge in [0, 0.05) is 18.2 Å². The molecule has 1 fully saturated rings. The Hall–Kier alpha value is -1.81. The minimum atomic E-state index is 0.0529. The Bertz CT molecular complexity index is 387. The number of hydrogen-bond acceptors (Lipinski definition) is 3. The minimum Gasteiger partial charge on any atom is -0.399 e. The SMILES string of the molecule is Nc1ccc(/C=C/C2CCC(=O)NN2)cc1. The molecule has 0 aliphatic carbocycles. The number of amides is 1. The molecule has 1 heterocycles. The number of benzene rings is 1. The smallest absolute Gasteiger partial charge is 0.234 e. The van der Waals surface area contributed by atoms with Gasteiger partial charge in [-0.25, -0.2) is 5.43 Å². The molecule has 0 radical (unpaired) electrons. The predicted octanol–water partition coefficient (Wildman–Crippen LogP) is 1.07. The van der Waals surface area contributed by atoms with Gasteiger partial charge in [-0.15, -0.1) is 0 Å². The van der Waals surface area contributed by atoms with Gasteiger partial charge in [-0.05, 0) is 24.1 Å². The van der Waals surface area contributed by atoms with E-state index in [1.165, 1.54) is 0 Å². The van der Waals surface area contributed by atoms with Crippen LogP contribution in [0.25, 0.3) is 6.08 Å². The number of hydrazine groups is 1. The molecule has 4 heteroatoms. The molecular formula is C12H15N3O. The van der Waals surface area contributed by atoms with Crippen molar-refractivity contribution in [3.8, 4) is 0 Å². The zero-order valence-corrected chi connectivity index (χ0v) is 8.94. The topological polar surface area (TPSA) is 67.2 Å². The number of hydrogen-bond donors (Lipinski definition) is 3. The van der Waals surface area contributed by atoms with Crippen LogP contribution < -0.4 is 16.6 Å². The highest BCUT2D eigenvalue weighted by molar-refractivity contribution is 5.76. The van der Waals surface area contributed by atoms with Crippen LogP contribution in [0.5, 0.6) is 0 Å². The first-order valence-corrected chi connectivity index (χ1v) is 5.32. The zero-order chi connectivity index (χ0) is 11.4. The van der Waals surface area contributed by atoms with Gasteiger partial charge in [0.1, 0.15) is 0 Å². The average Bonchev–Trinajstić information content (AvgIpc) is 2.30. The molecule has 1 amide bonds. The summed E-state index contributed by atoms with van der Waals surface area (Å²) in [4.78, 5) is 10.9. The third-order valence-electron chi connectivity index (χ3n) is 2.54. The largest absolute Gasteiger partial charge is 0.399 e. The van der Waals surface area contributed by atoms with E-state index in [9.17, 15) is 4.79 Å². The van der Waals surface area contributed by atoms with E-state index in [2.05, 4.69) is 10.9 Å². The number of nitrogen functional groups attached to an aromatic ring is 1. The Morgan fingerprint density at radius 3 is 2.69 bits per heavy atom. The van der Waals surface area contributed by atoms with Crippen LogP contribution in [0.3, 0.4) is 0 Å². The second-order valence-electron chi connectivity index (χ2n) is 3.86. The van der Waals surface area contributed by atoms with E-state index < -0.39 is 0 Å². The van der Waals surface area contributed by atoms with E-state index in [1.807, 2.05) is 36.4 Å². The van der Waals surface area contributed by atoms with Crippen LogP contribution in [0.2, 0.25) is 0 Å². The van der Waals surface area contributed by atoms with Crippen LogP contribution in [0.15, 0.2) is 30.3 Å². The van der Waals surface area contributed by atoms with Crippen molar-refractivity contribution in [2.75, 3.05) is 5.73 Å². The van der Waals surface area contributed by atoms with Crippen LogP contribution in [0.4, 0.5) is 5.69 Å². The average molecular weight is 217 g/mol. The lowest BCUT2D eigenvalue weighted by Gasteiger charge is -2.20. The summed E-state index contributed by atoms with van der Waals surface area (Å²) >= 11 is 0. The first-order valence-electron chi connectivity index (χ1n) is 5.32. The molecule has 2 rings (SSSR count). The number of nitrogens with one attached hydrogen (secondary N) is 2. The molecule has 0 aromatic heterocycles. The molecule has 1 atom stereocenters. The van der Waals surface area contributed by atoms with E-state index in [0.29, 0.717) is 6.42 Å². The van der Waals surface area contributed by atoms with Crippen molar-refractivity contribution in [3.63, 3.8) is 0 Å². The molecule has 1 aromatic carbocycles. The standard InChI is InChI=1S/C12H15N3O/c13-10-4-1-9(2-5-10)3-6-11-7-8-12(16)15-14-11/h1-6,11,14H,7-8,13H2,(H,15,16)/b6-3+. The molecule has 16 heavy (non-hydrogen) atoms. The van der Waals surface area contributed by atoms with Crippen LogP contribution in [-0.2, 0) is 4.79 Å². The summed E-state index contributed by atoms with van der Waals surface area (Å²) < 4.78 is 0. The molecule has 1 saturated heterocycles. The summed E-state index contributed by atoms with van der Waals surface area (Å²) in [7, 11) is 0. The van der Waals surface area contributed by atoms with Gasteiger partial charge in [-0.2, -0.15) is 0 Å². The van der Waals surface area contributed by atoms with Crippen molar-refractivity contribution in [1.82, 2.24) is 10.9 Å². The number of carbonyl (C=O) groups is 1. The number of carbonyl (C=O) groups excluding carboxylic acids is 1. The molecule has 0 bridgehead atoms. The predicted molar refractivity (Wildman–Crippen MR) is 64.2 cm³/mol. The van der Waals surface area contributed by atoms with Crippen molar-refractivity contribution in [2.45, 2.75) is 18.9 Å². The summed E-state index contributed by atoms with van der Waals surface area (Å²) in [5.74, 6) is 0.0529. The maximum atomic E-state index is 10.9. The summed E-state index contributed by atoms with van der Waals surface area (Å²) in [5.41, 5.74) is 13.0. The number of nitrogens with two attached hydrogens (primary N) is 1. The van der Waals surface area contributed by atoms with E-state index in [0.717, 1.165) is 17.7 Å². The Morgan fingerprint density at radius 1 is 1.31 bits per heavy atom. The van der Waals surface area contributed by atoms with Crippen molar-refractivity contribution < 1.29 is 4.79 Å². The van der Waals surface area contributed by atoms with Gasteiger partial charge in [-0.1, -0.05) is 24.3 Å². The van der Waals surface area contributed by atoms with Crippen molar-refractivity contribution in [3.05, 3.63) is 35.9 Å². The van der Waals surface area contributed by atoms with Crippen molar-refractivity contribution in [2.24, 2.45) is 0 Å². The highest BCUT2D eigenvalue weighted by Gasteiger charge is 2.13. The fraction of sp³-hybridized carbons (Fsp3) is 0.250. The lowest BCUT2D eigenvalue weighted by molar-refractivity contribution is -0.123. The Morgan fingerprint density at radius 2 is 2.06 bits per heavy atom. The maximum Gasteiger partial charge on any atom is 0.234 e. The van der Waals surface area contributed by atoms with Crippen LogP contribution >= 0.6 is 0 Å². The fourth-order valence-corrected chi connectivity index (χ4v) is 1.57. The summed E-state index contributed by atoms with van der Waals surface area (Å²) in [6.07, 6.45) is 5.47. The summed E-state index contributed by atoms with van der Waals surface area (Å²) in [5, 5.41) is 0. The van der Waals surface area contributed by atoms with Gasteiger partial charge in [0.05, 0.1) is 0 Å². The van der Waals surface area contributed by atoms with Crippen LogP contribution in [0.1, 0.15) is 18.4 Å². The van der Waals surface area contributed by atoms with Crippen LogP contribution in [-0.4, -0.2) is 11.9 Å². The normalized spacial score (nSPS) is 21.0. The Balaban J connectivity index is 1.93. The molecule has 4 nitrogen and oxygen atoms in total. The molecule has 1 aliphatic heterocycles. The van der Waals surface area contributed by atoms with E-state index in [1.54, 1.807) is 0 Å². The quantitative estimate of drug-likeness (QED) is 0.649. The second-order valence-corrected chi connectivity index (χ2v) is 3.86. The Labute approximate surface area is 94.5 Å². The molecule has 1 aromatic rings. The molecule has 0 spiro atoms. The molecule has 84 valence electrons. The van der Waals surface area contributed by atoms with Crippen molar-refractivity contribution >= 4 is 17.7 Å². The third-order valence-corrected chi connectivity index (χ3v) is 2.54.